The van der Waals surface area contributed by atoms with Gasteiger partial charge in [0, 0.05) is 5.56 Å². The number of anilines is 2. The van der Waals surface area contributed by atoms with Crippen molar-refractivity contribution in [2.45, 2.75) is 39.3 Å². The number of fused-ring (bicyclic) bond motifs is 1. The fourth-order valence-electron chi connectivity index (χ4n) is 3.25. The summed E-state index contributed by atoms with van der Waals surface area (Å²) in [5, 5.41) is 2.83. The molecule has 1 aliphatic heterocycles. The molecule has 0 saturated carbocycles. The highest BCUT2D eigenvalue weighted by Crippen LogP contribution is 2.38. The van der Waals surface area contributed by atoms with Gasteiger partial charge in [-0.2, -0.15) is 0 Å². The number of Topliss-reactive ketones (excluding diaryl/α,β-unsaturated/α-hetero) is 1. The van der Waals surface area contributed by atoms with Crippen LogP contribution in [0.1, 0.15) is 38.1 Å². The highest BCUT2D eigenvalue weighted by Gasteiger charge is 2.45. The zero-order valence-corrected chi connectivity index (χ0v) is 17.1. The molecular formula is C22H24N2O5. The number of benzene rings is 2. The van der Waals surface area contributed by atoms with Crippen LogP contribution in [0.25, 0.3) is 0 Å². The summed E-state index contributed by atoms with van der Waals surface area (Å²) in [6, 6.07) is 11.9. The predicted octanol–water partition coefficient (Wildman–Crippen LogP) is 3.43. The molecule has 0 bridgehead atoms. The lowest BCUT2D eigenvalue weighted by Crippen LogP contribution is -2.60. The standard InChI is InChI=1S/C22H24N2O5/c1-13(25)15-10-11-18(19(12-15)28-5)29-14(2)20(26)24-17-9-7-6-8-16(17)23-21(27)22(24,3)4/h6-12,14H,1-5H3,(H,23,27)/t14-/m0/s1. The molecule has 1 heterocycles. The summed E-state index contributed by atoms with van der Waals surface area (Å²) in [4.78, 5) is 39.0. The van der Waals surface area contributed by atoms with E-state index in [1.165, 1.54) is 18.9 Å². The minimum Gasteiger partial charge on any atom is -0.493 e. The number of nitrogens with one attached hydrogen (secondary N) is 1. The van der Waals surface area contributed by atoms with Crippen LogP contribution in [0.4, 0.5) is 11.4 Å². The van der Waals surface area contributed by atoms with Crippen molar-refractivity contribution in [2.75, 3.05) is 17.3 Å². The number of methoxy groups -OCH3 is 1. The van der Waals surface area contributed by atoms with Gasteiger partial charge in [0.1, 0.15) is 5.54 Å². The normalized spacial score (nSPS) is 15.8. The zero-order valence-electron chi connectivity index (χ0n) is 17.1. The number of carbonyl (C=O) groups excluding carboxylic acids is 3. The molecule has 7 nitrogen and oxygen atoms in total. The quantitative estimate of drug-likeness (QED) is 0.783. The van der Waals surface area contributed by atoms with Gasteiger partial charge >= 0.3 is 0 Å². The van der Waals surface area contributed by atoms with Crippen LogP contribution in [-0.4, -0.2) is 36.4 Å². The number of hydrogen-bond donors (Lipinski definition) is 1. The van der Waals surface area contributed by atoms with Crippen LogP contribution < -0.4 is 19.7 Å². The first-order chi connectivity index (χ1) is 13.7. The first-order valence-electron chi connectivity index (χ1n) is 9.27. The Labute approximate surface area is 169 Å². The molecule has 29 heavy (non-hydrogen) atoms. The number of carbonyl (C=O) groups is 3. The third kappa shape index (κ3) is 3.68. The van der Waals surface area contributed by atoms with Gasteiger partial charge in [-0.25, -0.2) is 0 Å². The molecule has 1 atom stereocenters. The maximum absolute atomic E-state index is 13.3. The Morgan fingerprint density at radius 3 is 2.45 bits per heavy atom. The minimum absolute atomic E-state index is 0.100. The molecular weight excluding hydrogens is 372 g/mol. The van der Waals surface area contributed by atoms with E-state index >= 15 is 0 Å². The summed E-state index contributed by atoms with van der Waals surface area (Å²) >= 11 is 0. The molecule has 3 rings (SSSR count). The molecule has 2 amide bonds. The van der Waals surface area contributed by atoms with Gasteiger partial charge in [-0.1, -0.05) is 12.1 Å². The number of ether oxygens (including phenoxy) is 2. The lowest BCUT2D eigenvalue weighted by Gasteiger charge is -2.42. The van der Waals surface area contributed by atoms with Gasteiger partial charge in [0.05, 0.1) is 18.5 Å². The van der Waals surface area contributed by atoms with Crippen molar-refractivity contribution in [1.82, 2.24) is 0 Å². The van der Waals surface area contributed by atoms with Crippen molar-refractivity contribution in [1.29, 1.82) is 0 Å². The van der Waals surface area contributed by atoms with Crippen molar-refractivity contribution in [3.8, 4) is 11.5 Å². The van der Waals surface area contributed by atoms with Gasteiger partial charge < -0.3 is 14.8 Å². The molecule has 0 aliphatic carbocycles. The number of amides is 2. The third-order valence-electron chi connectivity index (χ3n) is 4.95. The summed E-state index contributed by atoms with van der Waals surface area (Å²) < 4.78 is 11.2. The fourth-order valence-corrected chi connectivity index (χ4v) is 3.25. The van der Waals surface area contributed by atoms with E-state index in [9.17, 15) is 14.4 Å². The number of nitrogens with zero attached hydrogens (tertiary/aromatic N) is 1. The maximum Gasteiger partial charge on any atom is 0.268 e. The second kappa shape index (κ2) is 7.58. The number of para-hydroxylation sites is 2. The molecule has 0 unspecified atom stereocenters. The number of rotatable bonds is 5. The number of ketones is 1. The van der Waals surface area contributed by atoms with E-state index in [2.05, 4.69) is 5.32 Å². The van der Waals surface area contributed by atoms with E-state index in [0.29, 0.717) is 28.4 Å². The summed E-state index contributed by atoms with van der Waals surface area (Å²) in [5.74, 6) is -0.0499. The monoisotopic (exact) mass is 396 g/mol. The third-order valence-corrected chi connectivity index (χ3v) is 4.95. The Morgan fingerprint density at radius 2 is 1.79 bits per heavy atom. The molecule has 0 saturated heterocycles. The average molecular weight is 396 g/mol. The molecule has 2 aromatic rings. The lowest BCUT2D eigenvalue weighted by atomic mass is 9.95. The molecule has 2 aromatic carbocycles. The Balaban J connectivity index is 1.92. The highest BCUT2D eigenvalue weighted by molar-refractivity contribution is 6.15. The highest BCUT2D eigenvalue weighted by atomic mass is 16.5. The minimum atomic E-state index is -1.09. The van der Waals surface area contributed by atoms with Gasteiger partial charge in [-0.15, -0.1) is 0 Å². The topological polar surface area (TPSA) is 84.9 Å². The van der Waals surface area contributed by atoms with Gasteiger partial charge in [0.2, 0.25) is 5.91 Å². The molecule has 152 valence electrons. The summed E-state index contributed by atoms with van der Waals surface area (Å²) in [6.07, 6.45) is -0.898. The smallest absolute Gasteiger partial charge is 0.268 e. The molecule has 0 spiro atoms. The van der Waals surface area contributed by atoms with Gasteiger partial charge in [-0.3, -0.25) is 19.3 Å². The lowest BCUT2D eigenvalue weighted by molar-refractivity contribution is -0.130. The van der Waals surface area contributed by atoms with E-state index in [0.717, 1.165) is 0 Å². The average Bonchev–Trinajstić information content (AvgIpc) is 2.68. The predicted molar refractivity (Wildman–Crippen MR) is 110 cm³/mol. The second-order valence-electron chi connectivity index (χ2n) is 7.39. The summed E-state index contributed by atoms with van der Waals surface area (Å²) in [5.41, 5.74) is 0.569. The van der Waals surface area contributed by atoms with E-state index in [1.807, 2.05) is 6.07 Å². The van der Waals surface area contributed by atoms with Crippen LogP contribution in [0.15, 0.2) is 42.5 Å². The Kier molecular flexibility index (Phi) is 5.33. The zero-order chi connectivity index (χ0) is 21.3. The Morgan fingerprint density at radius 1 is 1.10 bits per heavy atom. The summed E-state index contributed by atoms with van der Waals surface area (Å²) in [7, 11) is 1.47. The van der Waals surface area contributed by atoms with Crippen molar-refractivity contribution in [2.24, 2.45) is 0 Å². The van der Waals surface area contributed by atoms with Crippen LogP contribution in [0.3, 0.4) is 0 Å². The van der Waals surface area contributed by atoms with Crippen LogP contribution in [0.2, 0.25) is 0 Å². The molecule has 0 radical (unpaired) electrons. The van der Waals surface area contributed by atoms with Gasteiger partial charge in [0.15, 0.2) is 23.4 Å². The summed E-state index contributed by atoms with van der Waals surface area (Å²) in [6.45, 7) is 6.45. The Hall–Kier alpha value is -3.35. The second-order valence-corrected chi connectivity index (χ2v) is 7.39. The first-order valence-corrected chi connectivity index (χ1v) is 9.27. The van der Waals surface area contributed by atoms with E-state index in [-0.39, 0.29) is 17.6 Å². The van der Waals surface area contributed by atoms with E-state index in [1.54, 1.807) is 57.2 Å². The van der Waals surface area contributed by atoms with E-state index < -0.39 is 11.6 Å². The van der Waals surface area contributed by atoms with Crippen LogP contribution in [0.5, 0.6) is 11.5 Å². The van der Waals surface area contributed by atoms with E-state index in [4.69, 9.17) is 9.47 Å². The first kappa shape index (κ1) is 20.4. The SMILES string of the molecule is COc1cc(C(C)=O)ccc1O[C@@H](C)C(=O)N1c2ccccc2NC(=O)C1(C)C. The van der Waals surface area contributed by atoms with Crippen molar-refractivity contribution < 1.29 is 23.9 Å². The van der Waals surface area contributed by atoms with Gasteiger partial charge in [-0.05, 0) is 58.0 Å². The fraction of sp³-hybridized carbons (Fsp3) is 0.318. The molecule has 0 aromatic heterocycles. The van der Waals surface area contributed by atoms with Crippen LogP contribution in [0, 0.1) is 0 Å². The molecule has 0 fully saturated rings. The Bertz CT molecular complexity index is 983. The van der Waals surface area contributed by atoms with Crippen molar-refractivity contribution in [3.63, 3.8) is 0 Å². The van der Waals surface area contributed by atoms with Gasteiger partial charge in [0.25, 0.3) is 5.91 Å². The van der Waals surface area contributed by atoms with Crippen LogP contribution in [-0.2, 0) is 9.59 Å². The number of hydrogen-bond acceptors (Lipinski definition) is 5. The van der Waals surface area contributed by atoms with Crippen molar-refractivity contribution >= 4 is 29.0 Å². The molecule has 7 heteroatoms. The molecule has 1 N–H and O–H groups in total. The van der Waals surface area contributed by atoms with Crippen molar-refractivity contribution in [3.05, 3.63) is 48.0 Å². The largest absolute Gasteiger partial charge is 0.493 e. The van der Waals surface area contributed by atoms with Crippen LogP contribution >= 0.6 is 0 Å². The molecule has 1 aliphatic rings. The maximum atomic E-state index is 13.3.